The van der Waals surface area contributed by atoms with Crippen LogP contribution in [0.15, 0.2) is 0 Å². The molecule has 0 heterocycles. The number of likely N-dealkylation sites (N-methyl/N-ethyl adjacent to an activating group) is 1. The predicted octanol–water partition coefficient (Wildman–Crippen LogP) is 0.242. The normalized spacial score (nSPS) is 13.9. The summed E-state index contributed by atoms with van der Waals surface area (Å²) in [6, 6.07) is 0. The van der Waals surface area contributed by atoms with Crippen LogP contribution >= 0.6 is 0 Å². The molecule has 0 saturated heterocycles. The molecule has 0 bridgehead atoms. The second-order valence-electron chi connectivity index (χ2n) is 4.08. The smallest absolute Gasteiger partial charge is 0.282 e. The van der Waals surface area contributed by atoms with Gasteiger partial charge in [0.25, 0.3) is 10.2 Å². The van der Waals surface area contributed by atoms with Crippen LogP contribution in [0.1, 0.15) is 27.7 Å². The molecular formula is C9H23N3O2S. The molecule has 0 aliphatic rings. The molecule has 5 nitrogen and oxygen atoms in total. The van der Waals surface area contributed by atoms with Gasteiger partial charge in [-0.1, -0.05) is 13.8 Å². The Morgan fingerprint density at radius 3 is 1.87 bits per heavy atom. The van der Waals surface area contributed by atoms with E-state index in [1.807, 2.05) is 27.7 Å². The van der Waals surface area contributed by atoms with Crippen LogP contribution in [0.25, 0.3) is 0 Å². The van der Waals surface area contributed by atoms with E-state index in [-0.39, 0.29) is 0 Å². The van der Waals surface area contributed by atoms with Crippen molar-refractivity contribution in [3.8, 4) is 0 Å². The predicted molar refractivity (Wildman–Crippen MR) is 62.7 cm³/mol. The Kier molecular flexibility index (Phi) is 5.19. The molecular weight excluding hydrogens is 214 g/mol. The maximum absolute atomic E-state index is 12.1. The van der Waals surface area contributed by atoms with Gasteiger partial charge in [-0.3, -0.25) is 0 Å². The lowest BCUT2D eigenvalue weighted by molar-refractivity contribution is 0.251. The second-order valence-corrected chi connectivity index (χ2v) is 6.04. The summed E-state index contributed by atoms with van der Waals surface area (Å²) in [5.74, 6) is 0. The van der Waals surface area contributed by atoms with Gasteiger partial charge < -0.3 is 5.73 Å². The van der Waals surface area contributed by atoms with E-state index in [1.165, 1.54) is 8.61 Å². The zero-order valence-electron chi connectivity index (χ0n) is 10.3. The molecule has 0 saturated carbocycles. The Balaban J connectivity index is 5.04. The number of hydrogen-bond donors (Lipinski definition) is 1. The first-order valence-corrected chi connectivity index (χ1v) is 6.57. The fraction of sp³-hybridized carbons (Fsp3) is 1.00. The molecule has 0 aliphatic heterocycles. The van der Waals surface area contributed by atoms with Gasteiger partial charge in [0.2, 0.25) is 0 Å². The van der Waals surface area contributed by atoms with E-state index in [1.54, 1.807) is 7.05 Å². The Labute approximate surface area is 93.4 Å². The number of hydrogen-bond acceptors (Lipinski definition) is 3. The SMILES string of the molecule is CCN(CC)S(=O)(=O)N(C)C(C)(C)CN. The quantitative estimate of drug-likeness (QED) is 0.719. The van der Waals surface area contributed by atoms with Gasteiger partial charge in [-0.25, -0.2) is 0 Å². The first-order chi connectivity index (χ1) is 6.73. The fourth-order valence-corrected chi connectivity index (χ4v) is 2.86. The highest BCUT2D eigenvalue weighted by molar-refractivity contribution is 7.86. The van der Waals surface area contributed by atoms with Crippen LogP contribution in [-0.4, -0.2) is 49.2 Å². The van der Waals surface area contributed by atoms with E-state index in [2.05, 4.69) is 0 Å². The van der Waals surface area contributed by atoms with Gasteiger partial charge >= 0.3 is 0 Å². The Hall–Kier alpha value is -0.170. The first-order valence-electron chi connectivity index (χ1n) is 5.18. The van der Waals surface area contributed by atoms with Gasteiger partial charge in [0.05, 0.1) is 0 Å². The van der Waals surface area contributed by atoms with Crippen molar-refractivity contribution in [2.75, 3.05) is 26.7 Å². The number of nitrogens with zero attached hydrogens (tertiary/aromatic N) is 2. The van der Waals surface area contributed by atoms with Crippen molar-refractivity contribution < 1.29 is 8.42 Å². The molecule has 0 aliphatic carbocycles. The monoisotopic (exact) mass is 237 g/mol. The minimum atomic E-state index is -3.38. The summed E-state index contributed by atoms with van der Waals surface area (Å²) in [6.45, 7) is 8.52. The minimum absolute atomic E-state index is 0.296. The Bertz CT molecular complexity index is 284. The molecule has 6 heteroatoms. The molecule has 0 spiro atoms. The lowest BCUT2D eigenvalue weighted by Gasteiger charge is -2.36. The maximum atomic E-state index is 12.1. The lowest BCUT2D eigenvalue weighted by atomic mass is 10.1. The van der Waals surface area contributed by atoms with Crippen molar-refractivity contribution in [3.05, 3.63) is 0 Å². The van der Waals surface area contributed by atoms with E-state index in [0.29, 0.717) is 19.6 Å². The van der Waals surface area contributed by atoms with Gasteiger partial charge in [0.1, 0.15) is 0 Å². The molecule has 92 valence electrons. The molecule has 0 atom stereocenters. The first kappa shape index (κ1) is 14.8. The summed E-state index contributed by atoms with van der Waals surface area (Å²) in [5.41, 5.74) is 5.01. The van der Waals surface area contributed by atoms with Gasteiger partial charge in [-0.15, -0.1) is 0 Å². The molecule has 0 rings (SSSR count). The van der Waals surface area contributed by atoms with E-state index >= 15 is 0 Å². The molecule has 0 radical (unpaired) electrons. The standard InChI is InChI=1S/C9H23N3O2S/c1-6-12(7-2)15(13,14)11(5)9(3,4)8-10/h6-8,10H2,1-5H3. The van der Waals surface area contributed by atoms with Crippen LogP contribution in [0, 0.1) is 0 Å². The van der Waals surface area contributed by atoms with Crippen LogP contribution in [0.4, 0.5) is 0 Å². The maximum Gasteiger partial charge on any atom is 0.282 e. The van der Waals surface area contributed by atoms with Crippen molar-refractivity contribution in [1.29, 1.82) is 0 Å². The van der Waals surface area contributed by atoms with E-state index in [0.717, 1.165) is 0 Å². The molecule has 0 aromatic heterocycles. The fourth-order valence-electron chi connectivity index (χ4n) is 1.16. The highest BCUT2D eigenvalue weighted by atomic mass is 32.2. The summed E-state index contributed by atoms with van der Waals surface area (Å²) in [5, 5.41) is 0. The van der Waals surface area contributed by atoms with E-state index in [9.17, 15) is 8.42 Å². The molecule has 15 heavy (non-hydrogen) atoms. The van der Waals surface area contributed by atoms with Crippen LogP contribution in [0.5, 0.6) is 0 Å². The highest BCUT2D eigenvalue weighted by Gasteiger charge is 2.34. The molecule has 0 amide bonds. The minimum Gasteiger partial charge on any atom is -0.329 e. The van der Waals surface area contributed by atoms with E-state index < -0.39 is 15.7 Å². The average molecular weight is 237 g/mol. The second kappa shape index (κ2) is 5.25. The molecule has 2 N–H and O–H groups in total. The summed E-state index contributed by atoms with van der Waals surface area (Å²) < 4.78 is 27.0. The van der Waals surface area contributed by atoms with Crippen molar-refractivity contribution in [1.82, 2.24) is 8.61 Å². The van der Waals surface area contributed by atoms with Crippen LogP contribution in [-0.2, 0) is 10.2 Å². The third-order valence-electron chi connectivity index (χ3n) is 2.73. The molecule has 0 aromatic carbocycles. The van der Waals surface area contributed by atoms with Crippen molar-refractivity contribution >= 4 is 10.2 Å². The summed E-state index contributed by atoms with van der Waals surface area (Å²) >= 11 is 0. The molecule has 0 unspecified atom stereocenters. The largest absolute Gasteiger partial charge is 0.329 e. The molecule has 0 fully saturated rings. The van der Waals surface area contributed by atoms with Gasteiger partial charge in [0, 0.05) is 32.2 Å². The van der Waals surface area contributed by atoms with Crippen LogP contribution in [0.3, 0.4) is 0 Å². The highest BCUT2D eigenvalue weighted by Crippen LogP contribution is 2.17. The zero-order chi connectivity index (χ0) is 12.3. The summed E-state index contributed by atoms with van der Waals surface area (Å²) in [6.07, 6.45) is 0. The topological polar surface area (TPSA) is 66.6 Å². The van der Waals surface area contributed by atoms with Crippen LogP contribution < -0.4 is 5.73 Å². The van der Waals surface area contributed by atoms with Crippen molar-refractivity contribution in [3.63, 3.8) is 0 Å². The average Bonchev–Trinajstić information content (AvgIpc) is 2.18. The van der Waals surface area contributed by atoms with Gasteiger partial charge in [-0.2, -0.15) is 17.0 Å². The lowest BCUT2D eigenvalue weighted by Crippen LogP contribution is -2.54. The van der Waals surface area contributed by atoms with Gasteiger partial charge in [-0.05, 0) is 13.8 Å². The molecule has 0 aromatic rings. The van der Waals surface area contributed by atoms with Crippen LogP contribution in [0.2, 0.25) is 0 Å². The van der Waals surface area contributed by atoms with Gasteiger partial charge in [0.15, 0.2) is 0 Å². The Morgan fingerprint density at radius 1 is 1.20 bits per heavy atom. The summed E-state index contributed by atoms with van der Waals surface area (Å²) in [7, 11) is -1.81. The third kappa shape index (κ3) is 3.14. The zero-order valence-corrected chi connectivity index (χ0v) is 11.1. The number of rotatable bonds is 6. The van der Waals surface area contributed by atoms with Crippen molar-refractivity contribution in [2.24, 2.45) is 5.73 Å². The summed E-state index contributed by atoms with van der Waals surface area (Å²) in [4.78, 5) is 0. The van der Waals surface area contributed by atoms with E-state index in [4.69, 9.17) is 5.73 Å². The van der Waals surface area contributed by atoms with Crippen molar-refractivity contribution in [2.45, 2.75) is 33.2 Å². The Morgan fingerprint density at radius 2 is 1.60 bits per heavy atom. The third-order valence-corrected chi connectivity index (χ3v) is 5.09. The number of nitrogens with two attached hydrogens (primary N) is 1.